The standard InChI is InChI=1S/C11H15N3O2S/c1-9-5-3-6-10-11(9)12-13-14(10)7-4-8-17(2,15)16/h3,5-6H,4,7-8H2,1-2H3. The quantitative estimate of drug-likeness (QED) is 0.820. The molecule has 5 nitrogen and oxygen atoms in total. The van der Waals surface area contributed by atoms with Crippen molar-refractivity contribution in [3.8, 4) is 0 Å². The van der Waals surface area contributed by atoms with Crippen molar-refractivity contribution in [2.45, 2.75) is 19.9 Å². The van der Waals surface area contributed by atoms with E-state index in [-0.39, 0.29) is 5.75 Å². The van der Waals surface area contributed by atoms with Gasteiger partial charge in [0, 0.05) is 12.8 Å². The van der Waals surface area contributed by atoms with Gasteiger partial charge in [-0.1, -0.05) is 17.3 Å². The predicted molar refractivity (Wildman–Crippen MR) is 66.6 cm³/mol. The van der Waals surface area contributed by atoms with Crippen molar-refractivity contribution < 1.29 is 8.42 Å². The highest BCUT2D eigenvalue weighted by atomic mass is 32.2. The Bertz CT molecular complexity index is 631. The maximum absolute atomic E-state index is 11.0. The van der Waals surface area contributed by atoms with Crippen molar-refractivity contribution in [2.24, 2.45) is 0 Å². The third-order valence-electron chi connectivity index (χ3n) is 2.63. The summed E-state index contributed by atoms with van der Waals surface area (Å²) in [7, 11) is -2.90. The largest absolute Gasteiger partial charge is 0.245 e. The zero-order valence-corrected chi connectivity index (χ0v) is 10.7. The van der Waals surface area contributed by atoms with Gasteiger partial charge in [0.05, 0.1) is 11.3 Å². The zero-order chi connectivity index (χ0) is 12.5. The van der Waals surface area contributed by atoms with Gasteiger partial charge in [0.1, 0.15) is 15.4 Å². The Morgan fingerprint density at radius 2 is 2.12 bits per heavy atom. The number of sulfone groups is 1. The second-order valence-electron chi connectivity index (χ2n) is 4.24. The fourth-order valence-corrected chi connectivity index (χ4v) is 2.42. The molecule has 1 aromatic heterocycles. The molecule has 0 saturated carbocycles. The Kier molecular flexibility index (Phi) is 3.15. The lowest BCUT2D eigenvalue weighted by molar-refractivity contribution is 0.574. The summed E-state index contributed by atoms with van der Waals surface area (Å²) in [5.74, 6) is 0.181. The molecule has 2 rings (SSSR count). The van der Waals surface area contributed by atoms with Crippen LogP contribution in [0.25, 0.3) is 11.0 Å². The second-order valence-corrected chi connectivity index (χ2v) is 6.50. The first-order valence-electron chi connectivity index (χ1n) is 5.44. The van der Waals surface area contributed by atoms with Gasteiger partial charge in [-0.15, -0.1) is 5.10 Å². The first kappa shape index (κ1) is 12.0. The fourth-order valence-electron chi connectivity index (χ4n) is 1.77. The van der Waals surface area contributed by atoms with Crippen molar-refractivity contribution in [3.63, 3.8) is 0 Å². The van der Waals surface area contributed by atoms with Gasteiger partial charge in [-0.2, -0.15) is 0 Å². The maximum Gasteiger partial charge on any atom is 0.147 e. The molecule has 2 aromatic rings. The minimum atomic E-state index is -2.90. The van der Waals surface area contributed by atoms with Crippen LogP contribution in [0.3, 0.4) is 0 Å². The topological polar surface area (TPSA) is 64.8 Å². The van der Waals surface area contributed by atoms with Gasteiger partial charge in [0.25, 0.3) is 0 Å². The number of fused-ring (bicyclic) bond motifs is 1. The van der Waals surface area contributed by atoms with E-state index < -0.39 is 9.84 Å². The summed E-state index contributed by atoms with van der Waals surface area (Å²) in [6.45, 7) is 2.56. The lowest BCUT2D eigenvalue weighted by atomic mass is 10.2. The number of aryl methyl sites for hydroxylation is 2. The molecule has 0 N–H and O–H groups in total. The van der Waals surface area contributed by atoms with E-state index in [0.717, 1.165) is 16.6 Å². The molecular weight excluding hydrogens is 238 g/mol. The molecule has 1 heterocycles. The van der Waals surface area contributed by atoms with Gasteiger partial charge in [-0.25, -0.2) is 13.1 Å². The van der Waals surface area contributed by atoms with Crippen molar-refractivity contribution >= 4 is 20.9 Å². The van der Waals surface area contributed by atoms with E-state index in [1.165, 1.54) is 6.26 Å². The Balaban J connectivity index is 2.17. The first-order valence-corrected chi connectivity index (χ1v) is 7.50. The average Bonchev–Trinajstić information content (AvgIpc) is 2.61. The van der Waals surface area contributed by atoms with Gasteiger partial charge < -0.3 is 0 Å². The molecule has 0 saturated heterocycles. The Hall–Kier alpha value is -1.43. The molecule has 92 valence electrons. The van der Waals surface area contributed by atoms with E-state index >= 15 is 0 Å². The lowest BCUT2D eigenvalue weighted by Gasteiger charge is -2.01. The zero-order valence-electron chi connectivity index (χ0n) is 9.92. The Morgan fingerprint density at radius 3 is 2.82 bits per heavy atom. The monoisotopic (exact) mass is 253 g/mol. The molecule has 0 bridgehead atoms. The maximum atomic E-state index is 11.0. The lowest BCUT2D eigenvalue weighted by Crippen LogP contribution is -2.08. The number of rotatable bonds is 4. The third-order valence-corrected chi connectivity index (χ3v) is 3.66. The third kappa shape index (κ3) is 2.82. The van der Waals surface area contributed by atoms with Crippen LogP contribution in [0.2, 0.25) is 0 Å². The van der Waals surface area contributed by atoms with Gasteiger partial charge in [0.15, 0.2) is 0 Å². The summed E-state index contributed by atoms with van der Waals surface area (Å²) in [5.41, 5.74) is 2.92. The van der Waals surface area contributed by atoms with E-state index in [4.69, 9.17) is 0 Å². The number of benzene rings is 1. The molecule has 1 aromatic carbocycles. The molecule has 6 heteroatoms. The Morgan fingerprint density at radius 1 is 1.35 bits per heavy atom. The number of hydrogen-bond acceptors (Lipinski definition) is 4. The molecule has 0 radical (unpaired) electrons. The van der Waals surface area contributed by atoms with Crippen molar-refractivity contribution in [3.05, 3.63) is 23.8 Å². The van der Waals surface area contributed by atoms with Crippen molar-refractivity contribution in [1.29, 1.82) is 0 Å². The Labute approximate surface area is 100 Å². The first-order chi connectivity index (χ1) is 7.97. The molecule has 0 aliphatic rings. The van der Waals surface area contributed by atoms with E-state index in [0.29, 0.717) is 13.0 Å². The van der Waals surface area contributed by atoms with Gasteiger partial charge in [-0.05, 0) is 25.0 Å². The fraction of sp³-hybridized carbons (Fsp3) is 0.455. The van der Waals surface area contributed by atoms with Crippen LogP contribution in [-0.2, 0) is 16.4 Å². The second kappa shape index (κ2) is 4.44. The van der Waals surface area contributed by atoms with E-state index in [2.05, 4.69) is 10.3 Å². The minimum Gasteiger partial charge on any atom is -0.245 e. The molecule has 0 unspecified atom stereocenters. The highest BCUT2D eigenvalue weighted by molar-refractivity contribution is 7.90. The van der Waals surface area contributed by atoms with Crippen LogP contribution in [0.15, 0.2) is 18.2 Å². The number of nitrogens with zero attached hydrogens (tertiary/aromatic N) is 3. The molecule has 0 fully saturated rings. The molecule has 0 aliphatic heterocycles. The average molecular weight is 253 g/mol. The van der Waals surface area contributed by atoms with Crippen molar-refractivity contribution in [1.82, 2.24) is 15.0 Å². The SMILES string of the molecule is Cc1cccc2c1nnn2CCCS(C)(=O)=O. The van der Waals surface area contributed by atoms with Crippen LogP contribution in [-0.4, -0.2) is 35.4 Å². The normalized spacial score (nSPS) is 12.1. The highest BCUT2D eigenvalue weighted by Crippen LogP contribution is 2.15. The molecular formula is C11H15N3O2S. The van der Waals surface area contributed by atoms with Crippen LogP contribution >= 0.6 is 0 Å². The summed E-state index contributed by atoms with van der Waals surface area (Å²) in [6.07, 6.45) is 1.81. The van der Waals surface area contributed by atoms with E-state index in [1.807, 2.05) is 25.1 Å². The summed E-state index contributed by atoms with van der Waals surface area (Å²) >= 11 is 0. The van der Waals surface area contributed by atoms with Crippen LogP contribution in [0.1, 0.15) is 12.0 Å². The summed E-state index contributed by atoms with van der Waals surface area (Å²) in [4.78, 5) is 0. The highest BCUT2D eigenvalue weighted by Gasteiger charge is 2.07. The van der Waals surface area contributed by atoms with Gasteiger partial charge in [0.2, 0.25) is 0 Å². The predicted octanol–water partition coefficient (Wildman–Crippen LogP) is 1.17. The molecule has 0 spiro atoms. The molecule has 17 heavy (non-hydrogen) atoms. The van der Waals surface area contributed by atoms with Crippen molar-refractivity contribution in [2.75, 3.05) is 12.0 Å². The molecule has 0 atom stereocenters. The summed E-state index contributed by atoms with van der Waals surface area (Å²) < 4.78 is 23.8. The molecule has 0 amide bonds. The van der Waals surface area contributed by atoms with Crippen LogP contribution in [0.4, 0.5) is 0 Å². The van der Waals surface area contributed by atoms with Crippen LogP contribution in [0.5, 0.6) is 0 Å². The summed E-state index contributed by atoms with van der Waals surface area (Å²) in [6, 6.07) is 5.88. The smallest absolute Gasteiger partial charge is 0.147 e. The molecule has 0 aliphatic carbocycles. The van der Waals surface area contributed by atoms with Crippen LogP contribution in [0, 0.1) is 6.92 Å². The van der Waals surface area contributed by atoms with Gasteiger partial charge in [-0.3, -0.25) is 0 Å². The minimum absolute atomic E-state index is 0.181. The van der Waals surface area contributed by atoms with E-state index in [1.54, 1.807) is 4.68 Å². The number of hydrogen-bond donors (Lipinski definition) is 0. The summed E-state index contributed by atoms with van der Waals surface area (Å²) in [5, 5.41) is 8.14. The number of aromatic nitrogens is 3. The van der Waals surface area contributed by atoms with E-state index in [9.17, 15) is 8.42 Å². The van der Waals surface area contributed by atoms with Crippen LogP contribution < -0.4 is 0 Å². The van der Waals surface area contributed by atoms with Gasteiger partial charge >= 0.3 is 0 Å².